The average molecular weight is 314 g/mol. The second kappa shape index (κ2) is 5.99. The Morgan fingerprint density at radius 2 is 2.14 bits per heavy atom. The highest BCUT2D eigenvalue weighted by molar-refractivity contribution is 6.30. The first kappa shape index (κ1) is 14.3. The van der Waals surface area contributed by atoms with E-state index in [1.54, 1.807) is 18.2 Å². The maximum atomic E-state index is 12.3. The van der Waals surface area contributed by atoms with Crippen molar-refractivity contribution in [3.05, 3.63) is 76.6 Å². The number of anilines is 1. The third-order valence-electron chi connectivity index (χ3n) is 3.14. The monoisotopic (exact) mass is 313 g/mol. The van der Waals surface area contributed by atoms with Gasteiger partial charge < -0.3 is 10.2 Å². The molecule has 0 radical (unpaired) electrons. The van der Waals surface area contributed by atoms with Crippen molar-refractivity contribution in [1.29, 1.82) is 0 Å². The molecule has 22 heavy (non-hydrogen) atoms. The third-order valence-corrected chi connectivity index (χ3v) is 3.38. The number of rotatable bonds is 4. The molecule has 2 aromatic heterocycles. The molecule has 0 aliphatic rings. The summed E-state index contributed by atoms with van der Waals surface area (Å²) in [6.45, 7) is 0. The zero-order valence-electron chi connectivity index (χ0n) is 11.5. The Kier molecular flexibility index (Phi) is 3.89. The van der Waals surface area contributed by atoms with Gasteiger partial charge in [0, 0.05) is 17.6 Å². The quantitative estimate of drug-likeness (QED) is 0.748. The van der Waals surface area contributed by atoms with Gasteiger partial charge in [0.2, 0.25) is 5.78 Å². The molecule has 5 nitrogen and oxygen atoms in total. The minimum absolute atomic E-state index is 0.132. The summed E-state index contributed by atoms with van der Waals surface area (Å²) in [7, 11) is 0. The van der Waals surface area contributed by atoms with Crippen LogP contribution in [0.4, 0.5) is 5.82 Å². The molecular weight excluding hydrogens is 302 g/mol. The van der Waals surface area contributed by atoms with Crippen LogP contribution in [0.15, 0.2) is 53.3 Å². The Hall–Kier alpha value is -2.66. The minimum atomic E-state index is -0.338. The summed E-state index contributed by atoms with van der Waals surface area (Å²) in [5.41, 5.74) is 6.91. The molecule has 2 N–H and O–H groups in total. The molecule has 0 atom stereocenters. The Labute approximate surface area is 131 Å². The number of hydrogen-bond acceptors (Lipinski definition) is 5. The van der Waals surface area contributed by atoms with E-state index in [0.29, 0.717) is 17.2 Å². The van der Waals surface area contributed by atoms with Gasteiger partial charge in [0.05, 0.1) is 5.56 Å². The van der Waals surface area contributed by atoms with Gasteiger partial charge in [0.25, 0.3) is 0 Å². The number of ketones is 1. The fourth-order valence-corrected chi connectivity index (χ4v) is 2.30. The number of carbonyl (C=O) groups is 1. The molecule has 0 unspecified atom stereocenters. The van der Waals surface area contributed by atoms with Crippen LogP contribution >= 0.6 is 11.6 Å². The number of nitrogens with two attached hydrogens (primary N) is 1. The van der Waals surface area contributed by atoms with Crippen molar-refractivity contribution in [2.24, 2.45) is 0 Å². The number of nitrogen functional groups attached to an aromatic ring is 1. The normalized spacial score (nSPS) is 10.6. The number of benzene rings is 1. The topological polar surface area (TPSA) is 82.0 Å². The number of nitrogens with zero attached hydrogens (tertiary/aromatic N) is 2. The first-order valence-corrected chi connectivity index (χ1v) is 6.94. The number of halogens is 1. The molecule has 0 saturated carbocycles. The van der Waals surface area contributed by atoms with Gasteiger partial charge in [-0.2, -0.15) is 0 Å². The number of furan rings is 1. The smallest absolute Gasteiger partial charge is 0.233 e. The van der Waals surface area contributed by atoms with Crippen molar-refractivity contribution in [3.8, 4) is 0 Å². The lowest BCUT2D eigenvalue weighted by molar-refractivity contribution is 0.101. The van der Waals surface area contributed by atoms with Crippen LogP contribution < -0.4 is 5.73 Å². The summed E-state index contributed by atoms with van der Waals surface area (Å²) in [5.74, 6) is 0.669. The van der Waals surface area contributed by atoms with Gasteiger partial charge >= 0.3 is 0 Å². The fraction of sp³-hybridized carbons (Fsp3) is 0.0625. The van der Waals surface area contributed by atoms with Crippen LogP contribution in [0.3, 0.4) is 0 Å². The summed E-state index contributed by atoms with van der Waals surface area (Å²) in [5, 5.41) is 0.662. The van der Waals surface area contributed by atoms with Crippen LogP contribution in [-0.2, 0) is 6.42 Å². The Morgan fingerprint density at radius 3 is 2.91 bits per heavy atom. The van der Waals surface area contributed by atoms with E-state index in [4.69, 9.17) is 21.8 Å². The third kappa shape index (κ3) is 2.99. The summed E-state index contributed by atoms with van der Waals surface area (Å²) in [6, 6.07) is 10.9. The van der Waals surface area contributed by atoms with Crippen LogP contribution in [-0.4, -0.2) is 15.8 Å². The van der Waals surface area contributed by atoms with Crippen molar-refractivity contribution >= 4 is 23.2 Å². The summed E-state index contributed by atoms with van der Waals surface area (Å²) in [6.07, 6.45) is 3.22. The van der Waals surface area contributed by atoms with Gasteiger partial charge in [-0.3, -0.25) is 4.79 Å². The van der Waals surface area contributed by atoms with Gasteiger partial charge in [-0.05, 0) is 29.8 Å². The van der Waals surface area contributed by atoms with Crippen molar-refractivity contribution in [2.45, 2.75) is 6.42 Å². The molecule has 3 rings (SSSR count). The molecule has 0 aliphatic carbocycles. The maximum absolute atomic E-state index is 12.3. The molecule has 1 aromatic carbocycles. The second-order valence-electron chi connectivity index (χ2n) is 4.72. The SMILES string of the molecule is Nc1ncncc1C(=O)c1ccc(Cc2cccc(Cl)c2)o1. The number of hydrogen-bond donors (Lipinski definition) is 1. The molecule has 110 valence electrons. The van der Waals surface area contributed by atoms with E-state index < -0.39 is 0 Å². The number of aromatic nitrogens is 2. The van der Waals surface area contributed by atoms with E-state index >= 15 is 0 Å². The molecule has 0 fully saturated rings. The van der Waals surface area contributed by atoms with Crippen LogP contribution in [0.2, 0.25) is 5.02 Å². The highest BCUT2D eigenvalue weighted by Crippen LogP contribution is 2.19. The molecular formula is C16H12ClN3O2. The molecule has 0 bridgehead atoms. The largest absolute Gasteiger partial charge is 0.457 e. The zero-order valence-corrected chi connectivity index (χ0v) is 12.2. The van der Waals surface area contributed by atoms with Gasteiger partial charge in [-0.15, -0.1) is 0 Å². The van der Waals surface area contributed by atoms with Crippen LogP contribution in [0.1, 0.15) is 27.4 Å². The molecule has 2 heterocycles. The van der Waals surface area contributed by atoms with E-state index in [2.05, 4.69) is 9.97 Å². The Morgan fingerprint density at radius 1 is 1.27 bits per heavy atom. The highest BCUT2D eigenvalue weighted by Gasteiger charge is 2.17. The summed E-state index contributed by atoms with van der Waals surface area (Å²) < 4.78 is 5.59. The predicted molar refractivity (Wildman–Crippen MR) is 82.8 cm³/mol. The molecule has 0 amide bonds. The van der Waals surface area contributed by atoms with E-state index in [1.165, 1.54) is 12.5 Å². The van der Waals surface area contributed by atoms with E-state index in [0.717, 1.165) is 5.56 Å². The van der Waals surface area contributed by atoms with Gasteiger partial charge in [0.15, 0.2) is 5.76 Å². The van der Waals surface area contributed by atoms with Crippen molar-refractivity contribution < 1.29 is 9.21 Å². The molecule has 0 spiro atoms. The predicted octanol–water partition coefficient (Wildman–Crippen LogP) is 3.13. The van der Waals surface area contributed by atoms with Crippen LogP contribution in [0.5, 0.6) is 0 Å². The van der Waals surface area contributed by atoms with Crippen LogP contribution in [0.25, 0.3) is 0 Å². The lowest BCUT2D eigenvalue weighted by Crippen LogP contribution is -2.06. The summed E-state index contributed by atoms with van der Waals surface area (Å²) >= 11 is 5.95. The Balaban J connectivity index is 1.82. The van der Waals surface area contributed by atoms with Gasteiger partial charge in [0.1, 0.15) is 17.9 Å². The molecule has 0 aliphatic heterocycles. The fourth-order valence-electron chi connectivity index (χ4n) is 2.09. The lowest BCUT2D eigenvalue weighted by atomic mass is 10.1. The molecule has 0 saturated heterocycles. The van der Waals surface area contributed by atoms with Gasteiger partial charge in [-0.1, -0.05) is 23.7 Å². The first-order valence-electron chi connectivity index (χ1n) is 6.57. The minimum Gasteiger partial charge on any atom is -0.457 e. The van der Waals surface area contributed by atoms with Gasteiger partial charge in [-0.25, -0.2) is 9.97 Å². The first-order chi connectivity index (χ1) is 10.6. The average Bonchev–Trinajstić information content (AvgIpc) is 2.95. The molecule has 6 heteroatoms. The van der Waals surface area contributed by atoms with Crippen molar-refractivity contribution in [3.63, 3.8) is 0 Å². The molecule has 3 aromatic rings. The summed E-state index contributed by atoms with van der Waals surface area (Å²) in [4.78, 5) is 19.9. The Bertz CT molecular complexity index is 830. The van der Waals surface area contributed by atoms with Crippen molar-refractivity contribution in [2.75, 3.05) is 5.73 Å². The lowest BCUT2D eigenvalue weighted by Gasteiger charge is -2.01. The van der Waals surface area contributed by atoms with Crippen LogP contribution in [0, 0.1) is 0 Å². The van der Waals surface area contributed by atoms with Crippen molar-refractivity contribution in [1.82, 2.24) is 9.97 Å². The van der Waals surface area contributed by atoms with E-state index in [9.17, 15) is 4.79 Å². The second-order valence-corrected chi connectivity index (χ2v) is 5.16. The highest BCUT2D eigenvalue weighted by atomic mass is 35.5. The zero-order chi connectivity index (χ0) is 15.5. The van der Waals surface area contributed by atoms with E-state index in [-0.39, 0.29) is 22.9 Å². The standard InChI is InChI=1S/C16H12ClN3O2/c17-11-3-1-2-10(6-11)7-12-4-5-14(22-12)15(21)13-8-19-9-20-16(13)18/h1-6,8-9H,7H2,(H2,18,19,20). The maximum Gasteiger partial charge on any atom is 0.233 e. The number of carbonyl (C=O) groups excluding carboxylic acids is 1. The van der Waals surface area contributed by atoms with E-state index in [1.807, 2.05) is 18.2 Å².